The van der Waals surface area contributed by atoms with Crippen molar-refractivity contribution in [2.75, 3.05) is 0 Å². The monoisotopic (exact) mass is 329 g/mol. The zero-order valence-electron chi connectivity index (χ0n) is 14.0. The molecule has 124 valence electrons. The Hall–Kier alpha value is -3.33. The van der Waals surface area contributed by atoms with E-state index >= 15 is 0 Å². The first-order chi connectivity index (χ1) is 12.3. The van der Waals surface area contributed by atoms with Gasteiger partial charge in [0.25, 0.3) is 0 Å². The van der Waals surface area contributed by atoms with Gasteiger partial charge in [-0.05, 0) is 43.3 Å². The van der Waals surface area contributed by atoms with Crippen LogP contribution in [0.3, 0.4) is 0 Å². The van der Waals surface area contributed by atoms with Crippen LogP contribution in [-0.2, 0) is 0 Å². The van der Waals surface area contributed by atoms with Crippen molar-refractivity contribution in [3.05, 3.63) is 103 Å². The lowest BCUT2D eigenvalue weighted by Gasteiger charge is -2.10. The van der Waals surface area contributed by atoms with Gasteiger partial charge in [0.1, 0.15) is 11.5 Å². The highest BCUT2D eigenvalue weighted by Gasteiger charge is 2.07. The van der Waals surface area contributed by atoms with E-state index < -0.39 is 0 Å². The highest BCUT2D eigenvalue weighted by Crippen LogP contribution is 2.18. The third-order valence-electron chi connectivity index (χ3n) is 3.40. The average Bonchev–Trinajstić information content (AvgIpc) is 2.68. The van der Waals surface area contributed by atoms with E-state index in [4.69, 9.17) is 9.47 Å². The molecule has 0 atom stereocenters. The first kappa shape index (κ1) is 16.5. The predicted molar refractivity (Wildman–Crippen MR) is 101 cm³/mol. The minimum absolute atomic E-state index is 0.494. The zero-order chi connectivity index (χ0) is 17.3. The molecule has 25 heavy (non-hydrogen) atoms. The molecule has 0 fully saturated rings. The van der Waals surface area contributed by atoms with E-state index in [2.05, 4.69) is 4.99 Å². The van der Waals surface area contributed by atoms with Gasteiger partial charge in [-0.1, -0.05) is 54.6 Å². The molecule has 0 saturated heterocycles. The number of aliphatic imine (C=N–C) groups is 1. The van der Waals surface area contributed by atoms with E-state index in [1.807, 2.05) is 97.9 Å². The quantitative estimate of drug-likeness (QED) is 0.337. The Morgan fingerprint density at radius 1 is 0.720 bits per heavy atom. The molecule has 0 heterocycles. The first-order valence-corrected chi connectivity index (χ1v) is 8.07. The molecule has 3 aromatic carbocycles. The Kier molecular flexibility index (Phi) is 5.62. The van der Waals surface area contributed by atoms with Gasteiger partial charge in [-0.25, -0.2) is 4.99 Å². The molecule has 3 heteroatoms. The van der Waals surface area contributed by atoms with Gasteiger partial charge in [-0.15, -0.1) is 0 Å². The standard InChI is InChI=1S/C22H19NO2/c1-18(17-24-20-13-7-3-8-14-20)22(23-19-11-5-2-6-12-19)25-21-15-9-4-10-16-21/h2-17H,1H3. The van der Waals surface area contributed by atoms with Gasteiger partial charge in [0, 0.05) is 5.57 Å². The molecular weight excluding hydrogens is 310 g/mol. The van der Waals surface area contributed by atoms with Crippen LogP contribution in [0.25, 0.3) is 0 Å². The van der Waals surface area contributed by atoms with Crippen molar-refractivity contribution in [2.45, 2.75) is 6.92 Å². The Morgan fingerprint density at radius 2 is 1.24 bits per heavy atom. The third kappa shape index (κ3) is 5.08. The predicted octanol–water partition coefficient (Wildman–Crippen LogP) is 5.78. The lowest BCUT2D eigenvalue weighted by Crippen LogP contribution is -2.10. The fraction of sp³-hybridized carbons (Fsp3) is 0.0455. The van der Waals surface area contributed by atoms with E-state index in [0.29, 0.717) is 5.90 Å². The molecular formula is C22H19NO2. The van der Waals surface area contributed by atoms with Crippen molar-refractivity contribution in [1.82, 2.24) is 0 Å². The summed E-state index contributed by atoms with van der Waals surface area (Å²) in [5.41, 5.74) is 1.61. The van der Waals surface area contributed by atoms with Crippen LogP contribution in [0.1, 0.15) is 6.92 Å². The Balaban J connectivity index is 1.86. The minimum atomic E-state index is 0.494. The lowest BCUT2D eigenvalue weighted by molar-refractivity contribution is 0.473. The molecule has 0 radical (unpaired) electrons. The van der Waals surface area contributed by atoms with Crippen LogP contribution in [0.15, 0.2) is 108 Å². The summed E-state index contributed by atoms with van der Waals surface area (Å²) in [7, 11) is 0. The van der Waals surface area contributed by atoms with E-state index in [0.717, 1.165) is 22.8 Å². The molecule has 0 aromatic heterocycles. The largest absolute Gasteiger partial charge is 0.465 e. The third-order valence-corrected chi connectivity index (χ3v) is 3.40. The summed E-state index contributed by atoms with van der Waals surface area (Å²) in [6.07, 6.45) is 1.65. The highest BCUT2D eigenvalue weighted by molar-refractivity contribution is 5.96. The summed E-state index contributed by atoms with van der Waals surface area (Å²) in [6, 6.07) is 28.9. The van der Waals surface area contributed by atoms with Crippen LogP contribution in [0.5, 0.6) is 11.5 Å². The van der Waals surface area contributed by atoms with Gasteiger partial charge in [-0.2, -0.15) is 0 Å². The van der Waals surface area contributed by atoms with Crippen molar-refractivity contribution in [3.63, 3.8) is 0 Å². The van der Waals surface area contributed by atoms with Gasteiger partial charge >= 0.3 is 0 Å². The normalized spacial score (nSPS) is 11.9. The summed E-state index contributed by atoms with van der Waals surface area (Å²) in [5, 5.41) is 0. The van der Waals surface area contributed by atoms with E-state index in [9.17, 15) is 0 Å². The van der Waals surface area contributed by atoms with Gasteiger partial charge in [0.2, 0.25) is 5.90 Å². The van der Waals surface area contributed by atoms with Gasteiger partial charge in [0.05, 0.1) is 11.9 Å². The van der Waals surface area contributed by atoms with Crippen LogP contribution in [0.2, 0.25) is 0 Å². The molecule has 3 aromatic rings. The van der Waals surface area contributed by atoms with Crippen LogP contribution in [-0.4, -0.2) is 5.90 Å². The molecule has 0 aliphatic carbocycles. The summed E-state index contributed by atoms with van der Waals surface area (Å²) in [5.74, 6) is 1.98. The maximum atomic E-state index is 5.97. The zero-order valence-corrected chi connectivity index (χ0v) is 14.0. The topological polar surface area (TPSA) is 30.8 Å². The molecule has 0 saturated carbocycles. The lowest BCUT2D eigenvalue weighted by atomic mass is 10.3. The Labute approximate surface area is 147 Å². The van der Waals surface area contributed by atoms with Crippen LogP contribution < -0.4 is 9.47 Å². The van der Waals surface area contributed by atoms with Crippen LogP contribution >= 0.6 is 0 Å². The second-order valence-electron chi connectivity index (χ2n) is 5.40. The molecule has 0 aliphatic heterocycles. The second kappa shape index (κ2) is 8.50. The molecule has 0 amide bonds. The number of hydrogen-bond donors (Lipinski definition) is 0. The smallest absolute Gasteiger partial charge is 0.225 e. The molecule has 3 rings (SSSR count). The fourth-order valence-electron chi connectivity index (χ4n) is 2.12. The summed E-state index contributed by atoms with van der Waals surface area (Å²) < 4.78 is 11.7. The van der Waals surface area contributed by atoms with Crippen molar-refractivity contribution in [2.24, 2.45) is 4.99 Å². The molecule has 0 aliphatic rings. The molecule has 0 unspecified atom stereocenters. The molecule has 0 spiro atoms. The SMILES string of the molecule is CC(=COc1ccccc1)C(=Nc1ccccc1)Oc1ccccc1. The highest BCUT2D eigenvalue weighted by atomic mass is 16.5. The summed E-state index contributed by atoms with van der Waals surface area (Å²) in [6.45, 7) is 1.91. The number of rotatable bonds is 5. The van der Waals surface area contributed by atoms with E-state index in [-0.39, 0.29) is 0 Å². The minimum Gasteiger partial charge on any atom is -0.465 e. The number of para-hydroxylation sites is 3. The fourth-order valence-corrected chi connectivity index (χ4v) is 2.12. The van der Waals surface area contributed by atoms with Gasteiger partial charge in [0.15, 0.2) is 0 Å². The van der Waals surface area contributed by atoms with Gasteiger partial charge in [-0.3, -0.25) is 0 Å². The van der Waals surface area contributed by atoms with Crippen molar-refractivity contribution in [1.29, 1.82) is 0 Å². The number of nitrogens with zero attached hydrogens (tertiary/aromatic N) is 1. The first-order valence-electron chi connectivity index (χ1n) is 8.07. The van der Waals surface area contributed by atoms with Crippen molar-refractivity contribution >= 4 is 11.6 Å². The van der Waals surface area contributed by atoms with Gasteiger partial charge < -0.3 is 9.47 Å². The number of benzene rings is 3. The number of ether oxygens (including phenoxy) is 2. The maximum Gasteiger partial charge on any atom is 0.225 e. The van der Waals surface area contributed by atoms with Crippen LogP contribution in [0.4, 0.5) is 5.69 Å². The van der Waals surface area contributed by atoms with Crippen LogP contribution in [0, 0.1) is 0 Å². The van der Waals surface area contributed by atoms with E-state index in [1.54, 1.807) is 6.26 Å². The molecule has 0 N–H and O–H groups in total. The Morgan fingerprint density at radius 3 is 1.84 bits per heavy atom. The molecule has 0 bridgehead atoms. The second-order valence-corrected chi connectivity index (χ2v) is 5.40. The maximum absolute atomic E-state index is 5.97. The number of hydrogen-bond acceptors (Lipinski definition) is 3. The van der Waals surface area contributed by atoms with E-state index in [1.165, 1.54) is 0 Å². The summed E-state index contributed by atoms with van der Waals surface area (Å²) in [4.78, 5) is 4.61. The molecule has 3 nitrogen and oxygen atoms in total. The van der Waals surface area contributed by atoms with Crippen molar-refractivity contribution < 1.29 is 9.47 Å². The van der Waals surface area contributed by atoms with Crippen molar-refractivity contribution in [3.8, 4) is 11.5 Å². The summed E-state index contributed by atoms with van der Waals surface area (Å²) >= 11 is 0. The Bertz CT molecular complexity index is 841. The average molecular weight is 329 g/mol.